The van der Waals surface area contributed by atoms with Gasteiger partial charge in [-0.1, -0.05) is 6.92 Å². The zero-order chi connectivity index (χ0) is 15.4. The lowest BCUT2D eigenvalue weighted by Gasteiger charge is -2.18. The van der Waals surface area contributed by atoms with Crippen LogP contribution in [-0.4, -0.2) is 30.6 Å². The van der Waals surface area contributed by atoms with E-state index in [9.17, 15) is 14.0 Å². The Morgan fingerprint density at radius 1 is 1.43 bits per heavy atom. The van der Waals surface area contributed by atoms with Crippen LogP contribution in [0.25, 0.3) is 0 Å². The summed E-state index contributed by atoms with van der Waals surface area (Å²) in [6.07, 6.45) is 1.37. The van der Waals surface area contributed by atoms with Crippen LogP contribution in [0, 0.1) is 5.82 Å². The third-order valence-corrected chi connectivity index (χ3v) is 3.64. The molecule has 1 aromatic rings. The van der Waals surface area contributed by atoms with E-state index in [1.54, 1.807) is 17.0 Å². The summed E-state index contributed by atoms with van der Waals surface area (Å²) in [5.74, 6) is -0.506. The molecule has 0 aliphatic carbocycles. The molecule has 0 radical (unpaired) electrons. The fraction of sp³-hybridized carbons (Fsp3) is 0.467. The van der Waals surface area contributed by atoms with Crippen LogP contribution in [0.3, 0.4) is 0 Å². The largest absolute Gasteiger partial charge is 0.336 e. The maximum Gasteiger partial charge on any atom is 0.315 e. The first kappa shape index (κ1) is 15.3. The van der Waals surface area contributed by atoms with E-state index in [1.807, 2.05) is 13.8 Å². The second-order valence-electron chi connectivity index (χ2n) is 5.23. The van der Waals surface area contributed by atoms with Gasteiger partial charge in [0.1, 0.15) is 11.9 Å². The van der Waals surface area contributed by atoms with Crippen LogP contribution in [0.2, 0.25) is 0 Å². The number of nitrogens with zero attached hydrogens (tertiary/aromatic N) is 1. The van der Waals surface area contributed by atoms with E-state index < -0.39 is 6.04 Å². The lowest BCUT2D eigenvalue weighted by Crippen LogP contribution is -2.48. The SMILES string of the molecule is CC[C@@H](C)NC(=O)N[C@H]1CCN(c2ccc(F)cc2)C1=O. The zero-order valence-corrected chi connectivity index (χ0v) is 12.2. The van der Waals surface area contributed by atoms with Gasteiger partial charge in [-0.15, -0.1) is 0 Å². The summed E-state index contributed by atoms with van der Waals surface area (Å²) in [7, 11) is 0. The number of rotatable bonds is 4. The molecule has 1 saturated heterocycles. The molecule has 6 heteroatoms. The lowest BCUT2D eigenvalue weighted by atomic mass is 10.2. The summed E-state index contributed by atoms with van der Waals surface area (Å²) in [4.78, 5) is 25.6. The molecular formula is C15H20FN3O2. The summed E-state index contributed by atoms with van der Waals surface area (Å²) in [5.41, 5.74) is 0.646. The molecule has 0 aromatic heterocycles. The number of anilines is 1. The molecule has 3 amide bonds. The van der Waals surface area contributed by atoms with E-state index in [1.165, 1.54) is 12.1 Å². The molecule has 5 nitrogen and oxygen atoms in total. The van der Waals surface area contributed by atoms with Crippen LogP contribution >= 0.6 is 0 Å². The molecular weight excluding hydrogens is 273 g/mol. The highest BCUT2D eigenvalue weighted by Gasteiger charge is 2.33. The molecule has 1 fully saturated rings. The molecule has 0 saturated carbocycles. The topological polar surface area (TPSA) is 61.4 Å². The van der Waals surface area contributed by atoms with Crippen molar-refractivity contribution in [3.8, 4) is 0 Å². The highest BCUT2D eigenvalue weighted by atomic mass is 19.1. The number of hydrogen-bond donors (Lipinski definition) is 2. The molecule has 0 spiro atoms. The molecule has 114 valence electrons. The second-order valence-corrected chi connectivity index (χ2v) is 5.23. The van der Waals surface area contributed by atoms with Gasteiger partial charge in [0, 0.05) is 18.3 Å². The molecule has 1 aliphatic heterocycles. The third kappa shape index (κ3) is 3.71. The molecule has 1 aliphatic rings. The Morgan fingerprint density at radius 2 is 2.10 bits per heavy atom. The number of nitrogens with one attached hydrogen (secondary N) is 2. The van der Waals surface area contributed by atoms with E-state index in [2.05, 4.69) is 10.6 Å². The van der Waals surface area contributed by atoms with Crippen molar-refractivity contribution in [2.24, 2.45) is 0 Å². The molecule has 1 aromatic carbocycles. The Labute approximate surface area is 123 Å². The predicted octanol–water partition coefficient (Wildman–Crippen LogP) is 2.03. The first-order valence-corrected chi connectivity index (χ1v) is 7.15. The van der Waals surface area contributed by atoms with E-state index in [0.29, 0.717) is 18.7 Å². The summed E-state index contributed by atoms with van der Waals surface area (Å²) in [6, 6.07) is 4.97. The average Bonchev–Trinajstić information content (AvgIpc) is 2.81. The number of benzene rings is 1. The van der Waals surface area contributed by atoms with E-state index in [-0.39, 0.29) is 23.8 Å². The zero-order valence-electron chi connectivity index (χ0n) is 12.2. The van der Waals surface area contributed by atoms with E-state index in [0.717, 1.165) is 6.42 Å². The van der Waals surface area contributed by atoms with Crippen LogP contribution < -0.4 is 15.5 Å². The van der Waals surface area contributed by atoms with Gasteiger partial charge in [-0.05, 0) is 44.0 Å². The van der Waals surface area contributed by atoms with Crippen LogP contribution in [-0.2, 0) is 4.79 Å². The smallest absolute Gasteiger partial charge is 0.315 e. The van der Waals surface area contributed by atoms with Crippen molar-refractivity contribution >= 4 is 17.6 Å². The predicted molar refractivity (Wildman–Crippen MR) is 78.6 cm³/mol. The number of urea groups is 1. The number of hydrogen-bond acceptors (Lipinski definition) is 2. The number of carbonyl (C=O) groups is 2. The van der Waals surface area contributed by atoms with Gasteiger partial charge >= 0.3 is 6.03 Å². The Morgan fingerprint density at radius 3 is 2.71 bits per heavy atom. The molecule has 2 atom stereocenters. The number of halogens is 1. The Kier molecular flexibility index (Phi) is 4.77. The van der Waals surface area contributed by atoms with Crippen LogP contribution in [0.1, 0.15) is 26.7 Å². The summed E-state index contributed by atoms with van der Waals surface area (Å²) < 4.78 is 12.9. The first-order chi connectivity index (χ1) is 10.0. The first-order valence-electron chi connectivity index (χ1n) is 7.15. The van der Waals surface area contributed by atoms with Crippen LogP contribution in [0.15, 0.2) is 24.3 Å². The van der Waals surface area contributed by atoms with Gasteiger partial charge in [0.15, 0.2) is 0 Å². The van der Waals surface area contributed by atoms with Gasteiger partial charge in [-0.25, -0.2) is 9.18 Å². The minimum Gasteiger partial charge on any atom is -0.336 e. The fourth-order valence-corrected chi connectivity index (χ4v) is 2.22. The van der Waals surface area contributed by atoms with Crippen molar-refractivity contribution in [3.05, 3.63) is 30.1 Å². The minimum absolute atomic E-state index is 0.0645. The molecule has 1 heterocycles. The molecule has 0 bridgehead atoms. The minimum atomic E-state index is -0.529. The molecule has 21 heavy (non-hydrogen) atoms. The highest BCUT2D eigenvalue weighted by Crippen LogP contribution is 2.21. The summed E-state index contributed by atoms with van der Waals surface area (Å²) in [5, 5.41) is 5.46. The molecule has 0 unspecified atom stereocenters. The van der Waals surface area contributed by atoms with Crippen LogP contribution in [0.5, 0.6) is 0 Å². The summed E-state index contributed by atoms with van der Waals surface area (Å²) in [6.45, 7) is 4.39. The van der Waals surface area contributed by atoms with Gasteiger partial charge in [0.05, 0.1) is 0 Å². The molecule has 2 rings (SSSR count). The lowest BCUT2D eigenvalue weighted by molar-refractivity contribution is -0.118. The summed E-state index contributed by atoms with van der Waals surface area (Å²) >= 11 is 0. The number of carbonyl (C=O) groups excluding carboxylic acids is 2. The fourth-order valence-electron chi connectivity index (χ4n) is 2.22. The van der Waals surface area contributed by atoms with E-state index >= 15 is 0 Å². The van der Waals surface area contributed by atoms with Crippen molar-refractivity contribution < 1.29 is 14.0 Å². The van der Waals surface area contributed by atoms with Gasteiger partial charge in [0.2, 0.25) is 5.91 Å². The third-order valence-electron chi connectivity index (χ3n) is 3.64. The quantitative estimate of drug-likeness (QED) is 0.892. The van der Waals surface area contributed by atoms with Gasteiger partial charge in [-0.3, -0.25) is 4.79 Å². The van der Waals surface area contributed by atoms with Crippen molar-refractivity contribution in [2.45, 2.75) is 38.8 Å². The highest BCUT2D eigenvalue weighted by molar-refractivity contribution is 6.01. The molecule has 2 N–H and O–H groups in total. The van der Waals surface area contributed by atoms with Crippen molar-refractivity contribution in [1.82, 2.24) is 10.6 Å². The standard InChI is InChI=1S/C15H20FN3O2/c1-3-10(2)17-15(21)18-13-8-9-19(14(13)20)12-6-4-11(16)5-7-12/h4-7,10,13H,3,8-9H2,1-2H3,(H2,17,18,21)/t10-,13+/m1/s1. The Bertz CT molecular complexity index is 518. The van der Waals surface area contributed by atoms with Crippen LogP contribution in [0.4, 0.5) is 14.9 Å². The van der Waals surface area contributed by atoms with Gasteiger partial charge < -0.3 is 15.5 Å². The number of amides is 3. The maximum absolute atomic E-state index is 12.9. The normalized spacial score (nSPS) is 19.5. The second kappa shape index (κ2) is 6.56. The monoisotopic (exact) mass is 293 g/mol. The Balaban J connectivity index is 1.95. The van der Waals surface area contributed by atoms with Gasteiger partial charge in [0.25, 0.3) is 0 Å². The maximum atomic E-state index is 12.9. The van der Waals surface area contributed by atoms with Crippen molar-refractivity contribution in [1.29, 1.82) is 0 Å². The van der Waals surface area contributed by atoms with E-state index in [4.69, 9.17) is 0 Å². The Hall–Kier alpha value is -2.11. The van der Waals surface area contributed by atoms with Gasteiger partial charge in [-0.2, -0.15) is 0 Å². The van der Waals surface area contributed by atoms with Crippen molar-refractivity contribution in [2.75, 3.05) is 11.4 Å². The average molecular weight is 293 g/mol. The van der Waals surface area contributed by atoms with Crippen molar-refractivity contribution in [3.63, 3.8) is 0 Å².